The number of hydrogen-bond donors (Lipinski definition) is 1. The molecule has 5 rings (SSSR count). The predicted octanol–water partition coefficient (Wildman–Crippen LogP) is 2.18. The Bertz CT molecular complexity index is 1250. The second kappa shape index (κ2) is 9.95. The first-order chi connectivity index (χ1) is 16.5. The number of aromatic nitrogens is 4. The molecule has 2 N–H and O–H groups in total. The Balaban J connectivity index is 0.00000289. The van der Waals surface area contributed by atoms with Crippen LogP contribution in [0.25, 0.3) is 10.9 Å². The molecule has 0 amide bonds. The van der Waals surface area contributed by atoms with E-state index in [0.29, 0.717) is 79.4 Å². The third-order valence-electron chi connectivity index (χ3n) is 6.41. The topological polar surface area (TPSA) is 123 Å². The van der Waals surface area contributed by atoms with Crippen LogP contribution in [0, 0.1) is 0 Å². The Hall–Kier alpha value is -3.60. The fraction of sp³-hybridized carbons (Fsp3) is 0.435. The molecule has 0 saturated carbocycles. The molecule has 0 bridgehead atoms. The van der Waals surface area contributed by atoms with E-state index in [4.69, 9.17) is 25.2 Å². The van der Waals surface area contributed by atoms with Crippen LogP contribution in [-0.2, 0) is 0 Å². The van der Waals surface area contributed by atoms with Gasteiger partial charge in [0.05, 0.1) is 25.3 Å². The molecule has 35 heavy (non-hydrogen) atoms. The van der Waals surface area contributed by atoms with Gasteiger partial charge in [-0.05, 0) is 13.0 Å². The van der Waals surface area contributed by atoms with E-state index < -0.39 is 0 Å². The molecule has 2 aromatic heterocycles. The van der Waals surface area contributed by atoms with E-state index in [2.05, 4.69) is 31.6 Å². The van der Waals surface area contributed by atoms with Crippen molar-refractivity contribution < 1.29 is 14.3 Å². The van der Waals surface area contributed by atoms with Crippen molar-refractivity contribution in [2.45, 2.75) is 13.3 Å². The number of benzene rings is 1. The Morgan fingerprint density at radius 1 is 0.943 bits per heavy atom. The lowest BCUT2D eigenvalue weighted by Crippen LogP contribution is -2.48. The zero-order valence-corrected chi connectivity index (χ0v) is 20.8. The molecule has 0 unspecified atom stereocenters. The molecule has 11 nitrogen and oxygen atoms in total. The van der Waals surface area contributed by atoms with Gasteiger partial charge in [-0.25, -0.2) is 9.97 Å². The van der Waals surface area contributed by atoms with Gasteiger partial charge >= 0.3 is 0 Å². The maximum absolute atomic E-state index is 12.3. The highest BCUT2D eigenvalue weighted by Gasteiger charge is 2.27. The van der Waals surface area contributed by atoms with Crippen LogP contribution in [0.15, 0.2) is 18.3 Å². The number of halogens is 1. The van der Waals surface area contributed by atoms with Gasteiger partial charge in [-0.3, -0.25) is 4.79 Å². The number of piperazine rings is 1. The zero-order valence-electron chi connectivity index (χ0n) is 20.0. The van der Waals surface area contributed by atoms with E-state index in [1.807, 2.05) is 6.07 Å². The third kappa shape index (κ3) is 4.43. The van der Waals surface area contributed by atoms with E-state index in [0.717, 1.165) is 17.7 Å². The number of nitrogens with two attached hydrogens (primary N) is 1. The zero-order chi connectivity index (χ0) is 23.8. The van der Waals surface area contributed by atoms with E-state index >= 15 is 0 Å². The lowest BCUT2D eigenvalue weighted by Gasteiger charge is -2.36. The summed E-state index contributed by atoms with van der Waals surface area (Å²) in [5, 5.41) is 0.720. The van der Waals surface area contributed by atoms with Crippen molar-refractivity contribution >= 4 is 52.6 Å². The molecule has 4 heterocycles. The van der Waals surface area contributed by atoms with Crippen molar-refractivity contribution in [3.8, 4) is 11.5 Å². The fourth-order valence-corrected chi connectivity index (χ4v) is 4.45. The standard InChI is InChI=1S/C23H28N8O3.ClH/c1-4-29-6-5-17(32)15-13-25-22(28-21(15)29)30-7-9-31(10-8-30)23-26-16-12-19(34-3)18(33-2)11-14(16)20(24)27-23;/h11-13H,4-10H2,1-3H3,(H2,24,26,27);1H. The molecule has 0 spiro atoms. The number of fused-ring (bicyclic) bond motifs is 2. The highest BCUT2D eigenvalue weighted by Crippen LogP contribution is 2.34. The molecule has 0 radical (unpaired) electrons. The molecule has 1 fully saturated rings. The van der Waals surface area contributed by atoms with E-state index in [1.54, 1.807) is 26.5 Å². The van der Waals surface area contributed by atoms with Crippen LogP contribution in [0.2, 0.25) is 0 Å². The minimum atomic E-state index is 0. The number of methoxy groups -OCH3 is 2. The van der Waals surface area contributed by atoms with Crippen LogP contribution in [0.4, 0.5) is 23.5 Å². The van der Waals surface area contributed by atoms with Gasteiger partial charge < -0.3 is 29.9 Å². The summed E-state index contributed by atoms with van der Waals surface area (Å²) in [5.41, 5.74) is 7.58. The van der Waals surface area contributed by atoms with E-state index in [-0.39, 0.29) is 18.2 Å². The van der Waals surface area contributed by atoms with Gasteiger partial charge in [-0.15, -0.1) is 12.4 Å². The van der Waals surface area contributed by atoms with Crippen molar-refractivity contribution in [1.29, 1.82) is 0 Å². The van der Waals surface area contributed by atoms with Crippen LogP contribution in [0.1, 0.15) is 23.7 Å². The summed E-state index contributed by atoms with van der Waals surface area (Å²) in [5.74, 6) is 3.63. The van der Waals surface area contributed by atoms with Gasteiger partial charge in [0, 0.05) is 63.3 Å². The monoisotopic (exact) mass is 500 g/mol. The molecule has 2 aliphatic heterocycles. The van der Waals surface area contributed by atoms with Crippen molar-refractivity contribution in [1.82, 2.24) is 19.9 Å². The molecular formula is C23H29ClN8O3. The number of carbonyl (C=O) groups excluding carboxylic acids is 1. The van der Waals surface area contributed by atoms with E-state index in [9.17, 15) is 4.79 Å². The lowest BCUT2D eigenvalue weighted by atomic mass is 10.1. The average molecular weight is 501 g/mol. The van der Waals surface area contributed by atoms with Crippen LogP contribution in [-0.4, -0.2) is 79.2 Å². The smallest absolute Gasteiger partial charge is 0.228 e. The minimum absolute atomic E-state index is 0. The van der Waals surface area contributed by atoms with Crippen LogP contribution < -0.4 is 29.9 Å². The molecule has 1 aromatic carbocycles. The first-order valence-electron chi connectivity index (χ1n) is 11.4. The van der Waals surface area contributed by atoms with Crippen LogP contribution in [0.5, 0.6) is 11.5 Å². The number of anilines is 4. The average Bonchev–Trinajstić information content (AvgIpc) is 2.88. The predicted molar refractivity (Wildman–Crippen MR) is 138 cm³/mol. The number of rotatable bonds is 5. The van der Waals surface area contributed by atoms with Gasteiger partial charge in [0.2, 0.25) is 11.9 Å². The summed E-state index contributed by atoms with van der Waals surface area (Å²) in [4.78, 5) is 37.1. The summed E-state index contributed by atoms with van der Waals surface area (Å²) < 4.78 is 10.8. The van der Waals surface area contributed by atoms with Gasteiger partial charge in [0.15, 0.2) is 17.3 Å². The molecular weight excluding hydrogens is 472 g/mol. The van der Waals surface area contributed by atoms with Crippen LogP contribution in [0.3, 0.4) is 0 Å². The first-order valence-corrected chi connectivity index (χ1v) is 11.4. The number of hydrogen-bond acceptors (Lipinski definition) is 11. The quantitative estimate of drug-likeness (QED) is 0.554. The Morgan fingerprint density at radius 2 is 1.60 bits per heavy atom. The molecule has 1 saturated heterocycles. The highest BCUT2D eigenvalue weighted by atomic mass is 35.5. The van der Waals surface area contributed by atoms with Gasteiger partial charge in [-0.2, -0.15) is 9.97 Å². The van der Waals surface area contributed by atoms with Crippen molar-refractivity contribution in [3.63, 3.8) is 0 Å². The summed E-state index contributed by atoms with van der Waals surface area (Å²) in [6.07, 6.45) is 2.18. The maximum atomic E-state index is 12.3. The SMILES string of the molecule is CCN1CCC(=O)c2cnc(N3CCN(c4nc(N)c5cc(OC)c(OC)cc5n4)CC3)nc21.Cl. The number of ketones is 1. The molecule has 0 atom stereocenters. The van der Waals surface area contributed by atoms with E-state index in [1.165, 1.54) is 0 Å². The molecule has 2 aliphatic rings. The normalized spacial score (nSPS) is 15.6. The summed E-state index contributed by atoms with van der Waals surface area (Å²) in [6.45, 7) is 6.36. The van der Waals surface area contributed by atoms with Gasteiger partial charge in [-0.1, -0.05) is 0 Å². The van der Waals surface area contributed by atoms with Crippen molar-refractivity contribution in [2.24, 2.45) is 0 Å². The number of ether oxygens (including phenoxy) is 2. The Morgan fingerprint density at radius 3 is 2.26 bits per heavy atom. The van der Waals surface area contributed by atoms with Gasteiger partial charge in [0.1, 0.15) is 11.6 Å². The highest BCUT2D eigenvalue weighted by molar-refractivity contribution is 6.02. The molecule has 3 aromatic rings. The van der Waals surface area contributed by atoms with Crippen LogP contribution >= 0.6 is 12.4 Å². The Kier molecular flexibility index (Phi) is 6.97. The number of carbonyl (C=O) groups is 1. The summed E-state index contributed by atoms with van der Waals surface area (Å²) >= 11 is 0. The number of Topliss-reactive ketones (excluding diaryl/α,β-unsaturated/α-hetero) is 1. The molecule has 12 heteroatoms. The summed E-state index contributed by atoms with van der Waals surface area (Å²) in [6, 6.07) is 3.61. The third-order valence-corrected chi connectivity index (χ3v) is 6.41. The van der Waals surface area contributed by atoms with Gasteiger partial charge in [0.25, 0.3) is 0 Å². The summed E-state index contributed by atoms with van der Waals surface area (Å²) in [7, 11) is 3.17. The Labute approximate surface area is 209 Å². The fourth-order valence-electron chi connectivity index (χ4n) is 4.45. The molecule has 186 valence electrons. The van der Waals surface area contributed by atoms with Crippen molar-refractivity contribution in [3.05, 3.63) is 23.9 Å². The molecule has 0 aliphatic carbocycles. The second-order valence-corrected chi connectivity index (χ2v) is 8.27. The largest absolute Gasteiger partial charge is 0.493 e. The maximum Gasteiger partial charge on any atom is 0.228 e. The number of nitrogen functional groups attached to an aromatic ring is 1. The lowest BCUT2D eigenvalue weighted by molar-refractivity contribution is 0.0979. The first kappa shape index (κ1) is 24.5. The van der Waals surface area contributed by atoms with Crippen molar-refractivity contribution in [2.75, 3.05) is 73.9 Å². The second-order valence-electron chi connectivity index (χ2n) is 8.27. The minimum Gasteiger partial charge on any atom is -0.493 e. The number of nitrogens with zero attached hydrogens (tertiary/aromatic N) is 7.